The molecule has 1 spiro atoms. The summed E-state index contributed by atoms with van der Waals surface area (Å²) < 4.78 is 12.7. The third kappa shape index (κ3) is 3.17. The summed E-state index contributed by atoms with van der Waals surface area (Å²) in [6, 6.07) is 7.51. The highest BCUT2D eigenvalue weighted by Gasteiger charge is 2.42. The Morgan fingerprint density at radius 1 is 1.00 bits per heavy atom. The normalized spacial score (nSPS) is 31.9. The molecule has 142 valence electrons. The second-order valence-electron chi connectivity index (χ2n) is 8.79. The van der Waals surface area contributed by atoms with Crippen molar-refractivity contribution in [3.63, 3.8) is 0 Å². The minimum absolute atomic E-state index is 0.0961. The van der Waals surface area contributed by atoms with Crippen molar-refractivity contribution in [2.24, 2.45) is 0 Å². The van der Waals surface area contributed by atoms with Crippen molar-refractivity contribution in [1.29, 1.82) is 0 Å². The second kappa shape index (κ2) is 6.81. The Hall–Kier alpha value is -1.10. The van der Waals surface area contributed by atoms with Crippen molar-refractivity contribution < 1.29 is 14.6 Å². The highest BCUT2D eigenvalue weighted by molar-refractivity contribution is 5.39. The first-order valence-electron chi connectivity index (χ1n) is 10.6. The van der Waals surface area contributed by atoms with Gasteiger partial charge in [-0.25, -0.2) is 0 Å². The van der Waals surface area contributed by atoms with Crippen LogP contribution in [0, 0.1) is 0 Å². The first-order valence-corrected chi connectivity index (χ1v) is 10.6. The molecule has 0 bridgehead atoms. The van der Waals surface area contributed by atoms with E-state index in [1.165, 1.54) is 30.4 Å². The van der Waals surface area contributed by atoms with E-state index in [1.807, 2.05) is 0 Å². The zero-order valence-corrected chi connectivity index (χ0v) is 15.7. The van der Waals surface area contributed by atoms with Crippen LogP contribution in [-0.4, -0.2) is 41.0 Å². The summed E-state index contributed by atoms with van der Waals surface area (Å²) in [5.41, 5.74) is 2.58. The van der Waals surface area contributed by atoms with Crippen molar-refractivity contribution in [3.8, 4) is 5.75 Å². The summed E-state index contributed by atoms with van der Waals surface area (Å²) in [7, 11) is 0. The maximum atomic E-state index is 9.74. The van der Waals surface area contributed by atoms with Gasteiger partial charge in [0.1, 0.15) is 5.75 Å². The van der Waals surface area contributed by atoms with Gasteiger partial charge in [0, 0.05) is 37.5 Å². The number of fused-ring (bicyclic) bond motifs is 1. The molecule has 3 fully saturated rings. The van der Waals surface area contributed by atoms with Crippen LogP contribution in [0.1, 0.15) is 74.8 Å². The fourth-order valence-corrected chi connectivity index (χ4v) is 5.14. The lowest BCUT2D eigenvalue weighted by Crippen LogP contribution is -2.54. The van der Waals surface area contributed by atoms with Gasteiger partial charge in [-0.1, -0.05) is 12.5 Å². The van der Waals surface area contributed by atoms with Gasteiger partial charge in [-0.15, -0.1) is 0 Å². The monoisotopic (exact) mass is 357 g/mol. The molecule has 2 heterocycles. The molecule has 1 aromatic rings. The van der Waals surface area contributed by atoms with Gasteiger partial charge >= 0.3 is 0 Å². The van der Waals surface area contributed by atoms with E-state index >= 15 is 0 Å². The Labute approximate surface area is 156 Å². The molecular weight excluding hydrogens is 326 g/mol. The van der Waals surface area contributed by atoms with Gasteiger partial charge in [0.2, 0.25) is 5.79 Å². The van der Waals surface area contributed by atoms with E-state index in [1.54, 1.807) is 0 Å². The number of nitrogens with zero attached hydrogens (tertiary/aromatic N) is 1. The number of aliphatic hydroxyl groups is 1. The molecular formula is C22H31NO3. The topological polar surface area (TPSA) is 41.9 Å². The van der Waals surface area contributed by atoms with Crippen molar-refractivity contribution >= 4 is 0 Å². The predicted molar refractivity (Wildman–Crippen MR) is 100 cm³/mol. The van der Waals surface area contributed by atoms with E-state index < -0.39 is 5.79 Å². The smallest absolute Gasteiger partial charge is 0.213 e. The number of aliphatic hydroxyl groups excluding tert-OH is 1. The van der Waals surface area contributed by atoms with Crippen LogP contribution in [0.4, 0.5) is 0 Å². The van der Waals surface area contributed by atoms with Crippen LogP contribution in [0.25, 0.3) is 0 Å². The molecule has 5 rings (SSSR count). The first-order chi connectivity index (χ1) is 12.7. The molecule has 0 radical (unpaired) electrons. The van der Waals surface area contributed by atoms with Gasteiger partial charge < -0.3 is 14.6 Å². The summed E-state index contributed by atoms with van der Waals surface area (Å²) >= 11 is 0. The number of piperidine rings is 1. The maximum Gasteiger partial charge on any atom is 0.213 e. The molecule has 4 heteroatoms. The number of ether oxygens (including phenoxy) is 2. The van der Waals surface area contributed by atoms with Crippen molar-refractivity contribution in [1.82, 2.24) is 4.90 Å². The molecule has 2 aliphatic heterocycles. The molecule has 0 amide bonds. The molecule has 2 saturated carbocycles. The van der Waals surface area contributed by atoms with Crippen LogP contribution in [-0.2, 0) is 11.3 Å². The van der Waals surface area contributed by atoms with Gasteiger partial charge in [-0.05, 0) is 62.1 Å². The summed E-state index contributed by atoms with van der Waals surface area (Å²) in [6.45, 7) is 2.87. The first kappa shape index (κ1) is 17.0. The van der Waals surface area contributed by atoms with E-state index in [9.17, 15) is 5.11 Å². The lowest BCUT2D eigenvalue weighted by atomic mass is 9.82. The largest absolute Gasteiger partial charge is 0.462 e. The Balaban J connectivity index is 1.25. The lowest BCUT2D eigenvalue weighted by molar-refractivity contribution is -0.231. The molecule has 26 heavy (non-hydrogen) atoms. The van der Waals surface area contributed by atoms with E-state index in [4.69, 9.17) is 9.47 Å². The van der Waals surface area contributed by atoms with Crippen molar-refractivity contribution in [2.45, 2.75) is 88.2 Å². The van der Waals surface area contributed by atoms with Crippen molar-refractivity contribution in [3.05, 3.63) is 29.3 Å². The minimum Gasteiger partial charge on any atom is -0.462 e. The van der Waals surface area contributed by atoms with Crippen LogP contribution in [0.3, 0.4) is 0 Å². The number of rotatable bonds is 2. The Morgan fingerprint density at radius 2 is 1.77 bits per heavy atom. The molecule has 1 aromatic carbocycles. The number of benzene rings is 1. The van der Waals surface area contributed by atoms with Crippen molar-refractivity contribution in [2.75, 3.05) is 13.1 Å². The Morgan fingerprint density at radius 3 is 2.46 bits per heavy atom. The highest BCUT2D eigenvalue weighted by Crippen LogP contribution is 2.41. The van der Waals surface area contributed by atoms with Crippen LogP contribution >= 0.6 is 0 Å². The highest BCUT2D eigenvalue weighted by atomic mass is 16.7. The lowest BCUT2D eigenvalue weighted by Gasteiger charge is -2.47. The number of hydrogen-bond donors (Lipinski definition) is 1. The quantitative estimate of drug-likeness (QED) is 0.870. The molecule has 1 N–H and O–H groups in total. The Bertz CT molecular complexity index is 641. The van der Waals surface area contributed by atoms with Gasteiger partial charge in [0.05, 0.1) is 12.7 Å². The molecule has 0 atom stereocenters. The zero-order chi connectivity index (χ0) is 17.6. The van der Waals surface area contributed by atoms with Gasteiger partial charge in [-0.2, -0.15) is 0 Å². The van der Waals surface area contributed by atoms with Gasteiger partial charge in [-0.3, -0.25) is 4.90 Å². The third-order valence-electron chi connectivity index (χ3n) is 7.19. The minimum atomic E-state index is -0.399. The standard InChI is InChI=1S/C22H31NO3/c24-20-7-4-16(5-8-20)17-6-9-21-18(14-17)15-25-22(26-21)10-12-23(13-11-22)19-2-1-3-19/h6,9,14,16,19-20,24H,1-5,7-8,10-13,15H2. The molecule has 2 aliphatic carbocycles. The van der Waals surface area contributed by atoms with E-state index in [-0.39, 0.29) is 6.10 Å². The fraction of sp³-hybridized carbons (Fsp3) is 0.727. The SMILES string of the molecule is OC1CCC(c2ccc3c(c2)COC2(CCN(C4CCC4)CC2)O3)CC1. The average Bonchev–Trinajstić information content (AvgIpc) is 2.63. The van der Waals surface area contributed by atoms with Crippen LogP contribution < -0.4 is 4.74 Å². The predicted octanol–water partition coefficient (Wildman–Crippen LogP) is 3.96. The fourth-order valence-electron chi connectivity index (χ4n) is 5.14. The molecule has 1 saturated heterocycles. The number of hydrogen-bond acceptors (Lipinski definition) is 4. The molecule has 0 aromatic heterocycles. The van der Waals surface area contributed by atoms with Crippen LogP contribution in [0.2, 0.25) is 0 Å². The van der Waals surface area contributed by atoms with E-state index in [2.05, 4.69) is 23.1 Å². The summed E-state index contributed by atoms with van der Waals surface area (Å²) in [6.07, 6.45) is 10.0. The molecule has 4 aliphatic rings. The van der Waals surface area contributed by atoms with E-state index in [0.29, 0.717) is 12.5 Å². The zero-order valence-electron chi connectivity index (χ0n) is 15.7. The Kier molecular flexibility index (Phi) is 4.46. The second-order valence-corrected chi connectivity index (χ2v) is 8.79. The molecule has 4 nitrogen and oxygen atoms in total. The van der Waals surface area contributed by atoms with Gasteiger partial charge in [0.25, 0.3) is 0 Å². The average molecular weight is 357 g/mol. The summed E-state index contributed by atoms with van der Waals surface area (Å²) in [4.78, 5) is 2.64. The summed E-state index contributed by atoms with van der Waals surface area (Å²) in [5.74, 6) is 1.20. The summed E-state index contributed by atoms with van der Waals surface area (Å²) in [5, 5.41) is 9.74. The van der Waals surface area contributed by atoms with Crippen LogP contribution in [0.15, 0.2) is 18.2 Å². The maximum absolute atomic E-state index is 9.74. The van der Waals surface area contributed by atoms with Gasteiger partial charge in [0.15, 0.2) is 0 Å². The third-order valence-corrected chi connectivity index (χ3v) is 7.19. The van der Waals surface area contributed by atoms with E-state index in [0.717, 1.165) is 63.4 Å². The number of likely N-dealkylation sites (tertiary alicyclic amines) is 1. The molecule has 0 unspecified atom stereocenters. The van der Waals surface area contributed by atoms with Crippen LogP contribution in [0.5, 0.6) is 5.75 Å².